The van der Waals surface area contributed by atoms with Crippen LogP contribution in [-0.2, 0) is 15.6 Å². The van der Waals surface area contributed by atoms with Crippen LogP contribution in [0.1, 0.15) is 5.56 Å². The number of nitrogens with zero attached hydrogens (tertiary/aromatic N) is 2. The molecule has 0 spiro atoms. The molecule has 1 N–H and O–H groups in total. The van der Waals surface area contributed by atoms with Crippen molar-refractivity contribution in [1.82, 2.24) is 10.2 Å². The third-order valence-electron chi connectivity index (χ3n) is 3.68. The Morgan fingerprint density at radius 2 is 1.73 bits per heavy atom. The Balaban J connectivity index is 2.33. The molecule has 1 aliphatic rings. The molecule has 15 heteroatoms. The fraction of sp³-hybridized carbons (Fsp3) is 0.400. The summed E-state index contributed by atoms with van der Waals surface area (Å²) in [5.74, 6) is -4.25. The first-order valence-corrected chi connectivity index (χ1v) is 9.17. The number of carbonyl (C=O) groups excluding carboxylic acids is 3. The predicted molar refractivity (Wildman–Crippen MR) is 87.5 cm³/mol. The lowest BCUT2D eigenvalue weighted by Gasteiger charge is -2.19. The molecule has 0 aromatic heterocycles. The number of urea groups is 2. The van der Waals surface area contributed by atoms with Gasteiger partial charge < -0.3 is 5.32 Å². The number of carbonyl (C=O) groups is 3. The van der Waals surface area contributed by atoms with Crippen LogP contribution in [0.2, 0.25) is 0 Å². The summed E-state index contributed by atoms with van der Waals surface area (Å²) in [5, 5.41) is 1.36. The smallest absolute Gasteiger partial charge is 0.328 e. The quantitative estimate of drug-likeness (QED) is 0.550. The van der Waals surface area contributed by atoms with Gasteiger partial charge in [0.2, 0.25) is 0 Å². The van der Waals surface area contributed by atoms with Gasteiger partial charge in [0.1, 0.15) is 24.7 Å². The molecule has 1 aromatic rings. The van der Waals surface area contributed by atoms with Crippen LogP contribution in [0, 0.1) is 12.7 Å². The van der Waals surface area contributed by atoms with Crippen LogP contribution >= 0.6 is 0 Å². The summed E-state index contributed by atoms with van der Waals surface area (Å²) >= 11 is 0. The summed E-state index contributed by atoms with van der Waals surface area (Å²) in [6, 6.07) is -1.86. The van der Waals surface area contributed by atoms with Gasteiger partial charge in [-0.25, -0.2) is 23.8 Å². The molecule has 2 rings (SSSR count). The van der Waals surface area contributed by atoms with Crippen molar-refractivity contribution in [1.29, 1.82) is 0 Å². The molecule has 1 fully saturated rings. The Morgan fingerprint density at radius 3 is 2.27 bits per heavy atom. The molecular weight excluding hydrogens is 451 g/mol. The molecule has 1 saturated heterocycles. The number of benzene rings is 1. The van der Waals surface area contributed by atoms with Gasteiger partial charge in [-0.1, -0.05) is 0 Å². The van der Waals surface area contributed by atoms with Gasteiger partial charge in [-0.05, 0) is 24.6 Å². The zero-order valence-corrected chi connectivity index (χ0v) is 15.7. The Kier molecular flexibility index (Phi) is 6.44. The van der Waals surface area contributed by atoms with Crippen LogP contribution in [0.25, 0.3) is 0 Å². The predicted octanol–water partition coefficient (Wildman–Crippen LogP) is 2.84. The first-order chi connectivity index (χ1) is 13.6. The number of rotatable bonds is 4. The van der Waals surface area contributed by atoms with Gasteiger partial charge in [-0.15, -0.1) is 0 Å². The monoisotopic (exact) mass is 463 g/mol. The van der Waals surface area contributed by atoms with E-state index < -0.39 is 76.4 Å². The fourth-order valence-corrected chi connectivity index (χ4v) is 3.57. The number of nitrogens with one attached hydrogen (secondary N) is 1. The second-order valence-corrected chi connectivity index (χ2v) is 7.47. The van der Waals surface area contributed by atoms with Gasteiger partial charge in [-0.2, -0.15) is 26.3 Å². The van der Waals surface area contributed by atoms with Crippen molar-refractivity contribution >= 4 is 34.5 Å². The molecule has 0 aliphatic carbocycles. The Bertz CT molecular complexity index is 917. The average molecular weight is 463 g/mol. The van der Waals surface area contributed by atoms with E-state index in [1.54, 1.807) is 0 Å². The minimum absolute atomic E-state index is 0.0692. The zero-order chi connectivity index (χ0) is 23.0. The summed E-state index contributed by atoms with van der Waals surface area (Å²) in [6.07, 6.45) is -9.62. The van der Waals surface area contributed by atoms with Crippen LogP contribution in [0.3, 0.4) is 0 Å². The Morgan fingerprint density at radius 1 is 1.13 bits per heavy atom. The molecular formula is C15H12F7N3O4S. The van der Waals surface area contributed by atoms with E-state index >= 15 is 0 Å². The topological polar surface area (TPSA) is 86.8 Å². The van der Waals surface area contributed by atoms with Crippen LogP contribution < -0.4 is 10.2 Å². The summed E-state index contributed by atoms with van der Waals surface area (Å²) in [4.78, 5) is 35.8. The van der Waals surface area contributed by atoms with E-state index in [1.165, 1.54) is 5.32 Å². The lowest BCUT2D eigenvalue weighted by atomic mass is 10.2. The van der Waals surface area contributed by atoms with Crippen molar-refractivity contribution in [2.45, 2.75) is 24.2 Å². The number of anilines is 1. The summed E-state index contributed by atoms with van der Waals surface area (Å²) in [5.41, 5.74) is -1.04. The van der Waals surface area contributed by atoms with Gasteiger partial charge in [0.25, 0.3) is 5.91 Å². The molecule has 0 radical (unpaired) electrons. The number of hydrogen-bond donors (Lipinski definition) is 1. The number of amides is 5. The fourth-order valence-electron chi connectivity index (χ4n) is 2.45. The third kappa shape index (κ3) is 5.46. The van der Waals surface area contributed by atoms with Gasteiger partial charge in [0, 0.05) is 4.90 Å². The molecule has 7 nitrogen and oxygen atoms in total. The molecule has 1 unspecified atom stereocenters. The van der Waals surface area contributed by atoms with E-state index in [2.05, 4.69) is 0 Å². The molecule has 30 heavy (non-hydrogen) atoms. The van der Waals surface area contributed by atoms with Gasteiger partial charge in [0.15, 0.2) is 0 Å². The molecule has 5 amide bonds. The first kappa shape index (κ1) is 23.6. The van der Waals surface area contributed by atoms with Crippen molar-refractivity contribution in [3.05, 3.63) is 23.5 Å². The maximum absolute atomic E-state index is 14.3. The standard InChI is InChI=1S/C15H12F7N3O4S/c1-7-2-8(16)9(3-10(7)30(29)6-15(20,21)22)25-11(26)4-24(13(25)28)12(27)23-5-14(17,18)19/h2-3H,4-6H2,1H3,(H,23,27). The highest BCUT2D eigenvalue weighted by Gasteiger charge is 2.43. The van der Waals surface area contributed by atoms with E-state index in [-0.39, 0.29) is 15.4 Å². The van der Waals surface area contributed by atoms with Gasteiger partial charge >= 0.3 is 24.4 Å². The van der Waals surface area contributed by atoms with E-state index in [9.17, 15) is 49.3 Å². The van der Waals surface area contributed by atoms with Crippen LogP contribution in [0.5, 0.6) is 0 Å². The number of hydrogen-bond acceptors (Lipinski definition) is 4. The molecule has 166 valence electrons. The lowest BCUT2D eigenvalue weighted by molar-refractivity contribution is -0.123. The minimum atomic E-state index is -4.82. The average Bonchev–Trinajstić information content (AvgIpc) is 2.85. The maximum atomic E-state index is 14.3. The highest BCUT2D eigenvalue weighted by molar-refractivity contribution is 7.85. The zero-order valence-electron chi connectivity index (χ0n) is 14.9. The SMILES string of the molecule is Cc1cc(F)c(N2C(=O)CN(C(=O)NCC(F)(F)F)C2=O)cc1S(=O)CC(F)(F)F. The molecule has 0 bridgehead atoms. The summed E-state index contributed by atoms with van der Waals surface area (Å²) < 4.78 is 100. The molecule has 1 heterocycles. The Hall–Kier alpha value is -2.71. The molecule has 1 atom stereocenters. The van der Waals surface area contributed by atoms with Crippen molar-refractivity contribution in [3.63, 3.8) is 0 Å². The van der Waals surface area contributed by atoms with Crippen molar-refractivity contribution in [2.24, 2.45) is 0 Å². The second-order valence-electron chi connectivity index (χ2n) is 6.05. The molecule has 0 saturated carbocycles. The second kappa shape index (κ2) is 8.20. The van der Waals surface area contributed by atoms with Crippen LogP contribution in [0.15, 0.2) is 17.0 Å². The van der Waals surface area contributed by atoms with E-state index in [0.717, 1.165) is 6.92 Å². The molecule has 1 aliphatic heterocycles. The normalized spacial score (nSPS) is 16.3. The van der Waals surface area contributed by atoms with E-state index in [4.69, 9.17) is 0 Å². The van der Waals surface area contributed by atoms with Gasteiger partial charge in [-0.3, -0.25) is 9.00 Å². The highest BCUT2D eigenvalue weighted by atomic mass is 32.2. The Labute approximate surface area is 166 Å². The van der Waals surface area contributed by atoms with Crippen molar-refractivity contribution in [2.75, 3.05) is 23.7 Å². The minimum Gasteiger partial charge on any atom is -0.328 e. The number of alkyl halides is 6. The summed E-state index contributed by atoms with van der Waals surface area (Å²) in [7, 11) is -2.69. The third-order valence-corrected chi connectivity index (χ3v) is 5.20. The van der Waals surface area contributed by atoms with E-state index in [1.807, 2.05) is 0 Å². The maximum Gasteiger partial charge on any atom is 0.405 e. The highest BCUT2D eigenvalue weighted by Crippen LogP contribution is 2.31. The molecule has 1 aromatic carbocycles. The number of aryl methyl sites for hydroxylation is 1. The summed E-state index contributed by atoms with van der Waals surface area (Å²) in [6.45, 7) is -1.68. The van der Waals surface area contributed by atoms with E-state index in [0.29, 0.717) is 12.1 Å². The van der Waals surface area contributed by atoms with Crippen LogP contribution in [0.4, 0.5) is 46.0 Å². The lowest BCUT2D eigenvalue weighted by Crippen LogP contribution is -2.45. The largest absolute Gasteiger partial charge is 0.405 e. The van der Waals surface area contributed by atoms with Gasteiger partial charge in [0.05, 0.1) is 16.5 Å². The number of imide groups is 2. The van der Waals surface area contributed by atoms with Crippen LogP contribution in [-0.4, -0.2) is 58.3 Å². The van der Waals surface area contributed by atoms with Crippen molar-refractivity contribution in [3.8, 4) is 0 Å². The number of halogens is 7. The van der Waals surface area contributed by atoms with Crippen molar-refractivity contribution < 1.29 is 49.3 Å². The first-order valence-electron chi connectivity index (χ1n) is 7.85.